The van der Waals surface area contributed by atoms with Crippen molar-refractivity contribution in [3.05, 3.63) is 34.6 Å². The maximum Gasteiger partial charge on any atom is 0.274 e. The van der Waals surface area contributed by atoms with Gasteiger partial charge in [-0.15, -0.1) is 11.3 Å². The van der Waals surface area contributed by atoms with E-state index >= 15 is 0 Å². The van der Waals surface area contributed by atoms with Crippen LogP contribution >= 0.6 is 11.3 Å². The predicted molar refractivity (Wildman–Crippen MR) is 140 cm³/mol. The van der Waals surface area contributed by atoms with E-state index in [1.165, 1.54) is 9.78 Å². The van der Waals surface area contributed by atoms with Gasteiger partial charge in [-0.25, -0.2) is 4.98 Å². The largest absolute Gasteiger partial charge is 0.392 e. The van der Waals surface area contributed by atoms with E-state index in [0.717, 1.165) is 51.1 Å². The fraction of sp³-hybridized carbons (Fsp3) is 0.667. The number of nitrogens with one attached hydrogen (secondary N) is 2. The smallest absolute Gasteiger partial charge is 0.274 e. The number of aliphatic hydroxyl groups is 1. The normalized spacial score (nSPS) is 31.4. The number of piperazine rings is 1. The Bertz CT molecular complexity index is 1140. The molecule has 36 heavy (non-hydrogen) atoms. The van der Waals surface area contributed by atoms with Crippen LogP contribution in [0.2, 0.25) is 0 Å². The lowest BCUT2D eigenvalue weighted by atomic mass is 9.53. The van der Waals surface area contributed by atoms with E-state index in [4.69, 9.17) is 4.98 Å². The molecular formula is C27H40N5O3S+. The molecule has 2 aliphatic carbocycles. The van der Waals surface area contributed by atoms with Gasteiger partial charge < -0.3 is 19.5 Å². The fourth-order valence-electron chi connectivity index (χ4n) is 7.04. The highest BCUT2D eigenvalue weighted by atomic mass is 32.1. The number of anilines is 1. The molecule has 9 heteroatoms. The highest BCUT2D eigenvalue weighted by Crippen LogP contribution is 2.57. The minimum atomic E-state index is -0.549. The van der Waals surface area contributed by atoms with Crippen LogP contribution in [0.15, 0.2) is 18.3 Å². The average Bonchev–Trinajstić information content (AvgIpc) is 3.44. The number of hydrogen-bond acceptors (Lipinski definition) is 5. The van der Waals surface area contributed by atoms with Crippen LogP contribution in [0.1, 0.15) is 60.6 Å². The molecule has 8 nitrogen and oxygen atoms in total. The van der Waals surface area contributed by atoms with Crippen molar-refractivity contribution in [2.24, 2.45) is 30.2 Å². The Labute approximate surface area is 217 Å². The summed E-state index contributed by atoms with van der Waals surface area (Å²) in [5.74, 6) is -0.104. The van der Waals surface area contributed by atoms with Gasteiger partial charge >= 0.3 is 0 Å². The van der Waals surface area contributed by atoms with Crippen molar-refractivity contribution in [2.75, 3.05) is 38.5 Å². The minimum Gasteiger partial charge on any atom is -0.392 e. The maximum atomic E-state index is 13.3. The van der Waals surface area contributed by atoms with Crippen molar-refractivity contribution >= 4 is 28.3 Å². The van der Waals surface area contributed by atoms with Crippen LogP contribution in [-0.4, -0.2) is 70.7 Å². The third kappa shape index (κ3) is 4.39. The Morgan fingerprint density at radius 3 is 2.72 bits per heavy atom. The number of fused-ring (bicyclic) bond motifs is 2. The van der Waals surface area contributed by atoms with Gasteiger partial charge in [0.2, 0.25) is 5.91 Å². The molecule has 2 amide bonds. The number of nitrogens with zero attached hydrogens (tertiary/aromatic N) is 3. The first kappa shape index (κ1) is 25.4. The van der Waals surface area contributed by atoms with Gasteiger partial charge in [0.25, 0.3) is 5.91 Å². The van der Waals surface area contributed by atoms with Crippen LogP contribution in [0, 0.1) is 23.2 Å². The highest BCUT2D eigenvalue weighted by molar-refractivity contribution is 7.15. The number of likely N-dealkylation sites (N-methyl/N-ethyl adjacent to an activating group) is 1. The first-order valence-corrected chi connectivity index (χ1v) is 14.1. The lowest BCUT2D eigenvalue weighted by Gasteiger charge is -2.53. The second-order valence-corrected chi connectivity index (χ2v) is 12.8. The summed E-state index contributed by atoms with van der Waals surface area (Å²) in [5.41, 5.74) is 1.54. The van der Waals surface area contributed by atoms with E-state index in [1.807, 2.05) is 31.1 Å². The fourth-order valence-corrected chi connectivity index (χ4v) is 8.30. The predicted octanol–water partition coefficient (Wildman–Crippen LogP) is 1.78. The van der Waals surface area contributed by atoms with Crippen molar-refractivity contribution in [1.29, 1.82) is 0 Å². The molecule has 3 N–H and O–H groups in total. The van der Waals surface area contributed by atoms with Crippen LogP contribution in [-0.2, 0) is 18.3 Å². The number of amides is 2. The van der Waals surface area contributed by atoms with Gasteiger partial charge in [0.05, 0.1) is 45.0 Å². The molecule has 1 aliphatic heterocycles. The summed E-state index contributed by atoms with van der Waals surface area (Å²) >= 11 is 1.56. The van der Waals surface area contributed by atoms with Crippen molar-refractivity contribution < 1.29 is 19.6 Å². The zero-order valence-corrected chi connectivity index (χ0v) is 22.9. The first-order chi connectivity index (χ1) is 17.1. The molecule has 196 valence electrons. The number of aromatic nitrogens is 2. The molecule has 2 fully saturated rings. The Hall–Kier alpha value is -2.23. The van der Waals surface area contributed by atoms with Gasteiger partial charge in [0, 0.05) is 30.0 Å². The number of carbonyl (C=O) groups is 2. The Balaban J connectivity index is 1.33. The standard InChI is InChI=1S/C27H39N5O3S/c1-16(25(35)32-13-11-30(4)12-14-32)18-8-9-27(3)15-20-22(17(2)21(27)23(18)33)28-26(36-20)29-24(34)19-7-6-10-31(19)5/h6-7,10,16-18,21,23,33H,8-9,11-15H2,1-5H3,(H,28,29,34)/p+1/t16-,17-,18-,21+,23-,27-/m0/s1. The van der Waals surface area contributed by atoms with Gasteiger partial charge in [-0.3, -0.25) is 14.9 Å². The molecule has 0 spiro atoms. The topological polar surface area (TPSA) is 91.9 Å². The lowest BCUT2D eigenvalue weighted by Crippen LogP contribution is -3.12. The molecule has 2 aromatic heterocycles. The molecular weight excluding hydrogens is 474 g/mol. The molecule has 6 atom stereocenters. The van der Waals surface area contributed by atoms with Crippen molar-refractivity contribution in [3.63, 3.8) is 0 Å². The Kier molecular flexibility index (Phi) is 6.76. The second-order valence-electron chi connectivity index (χ2n) is 11.7. The highest BCUT2D eigenvalue weighted by Gasteiger charge is 2.54. The molecule has 0 radical (unpaired) electrons. The summed E-state index contributed by atoms with van der Waals surface area (Å²) in [6.45, 7) is 10.0. The first-order valence-electron chi connectivity index (χ1n) is 13.3. The summed E-state index contributed by atoms with van der Waals surface area (Å²) in [6.07, 6.45) is 3.99. The second kappa shape index (κ2) is 9.58. The zero-order valence-electron chi connectivity index (χ0n) is 22.1. The van der Waals surface area contributed by atoms with Gasteiger partial charge in [0.15, 0.2) is 5.13 Å². The molecule has 1 saturated heterocycles. The van der Waals surface area contributed by atoms with Crippen LogP contribution in [0.5, 0.6) is 0 Å². The van der Waals surface area contributed by atoms with E-state index in [1.54, 1.807) is 22.0 Å². The Morgan fingerprint density at radius 1 is 1.33 bits per heavy atom. The van der Waals surface area contributed by atoms with E-state index < -0.39 is 6.10 Å². The lowest BCUT2D eigenvalue weighted by molar-refractivity contribution is -0.883. The molecule has 3 aliphatic rings. The summed E-state index contributed by atoms with van der Waals surface area (Å²) in [4.78, 5) is 35.6. The molecule has 5 rings (SSSR count). The number of rotatable bonds is 4. The number of carbonyl (C=O) groups excluding carboxylic acids is 2. The third-order valence-electron chi connectivity index (χ3n) is 9.28. The molecule has 2 aromatic rings. The summed E-state index contributed by atoms with van der Waals surface area (Å²) in [7, 11) is 4.02. The zero-order chi connectivity index (χ0) is 25.8. The van der Waals surface area contributed by atoms with Gasteiger partial charge in [-0.05, 0) is 48.6 Å². The quantitative estimate of drug-likeness (QED) is 0.580. The number of aliphatic hydroxyl groups excluding tert-OH is 1. The van der Waals surface area contributed by atoms with E-state index in [9.17, 15) is 14.7 Å². The monoisotopic (exact) mass is 514 g/mol. The number of aryl methyl sites for hydroxylation is 1. The summed E-state index contributed by atoms with van der Waals surface area (Å²) in [6, 6.07) is 3.65. The molecule has 3 heterocycles. The molecule has 0 bridgehead atoms. The van der Waals surface area contributed by atoms with Crippen LogP contribution in [0.25, 0.3) is 0 Å². The maximum absolute atomic E-state index is 13.3. The van der Waals surface area contributed by atoms with Crippen molar-refractivity contribution in [2.45, 2.75) is 52.1 Å². The third-order valence-corrected chi connectivity index (χ3v) is 10.3. The van der Waals surface area contributed by atoms with Crippen LogP contribution in [0.4, 0.5) is 5.13 Å². The molecule has 1 saturated carbocycles. The number of quaternary nitrogens is 1. The van der Waals surface area contributed by atoms with Crippen molar-refractivity contribution in [1.82, 2.24) is 14.5 Å². The minimum absolute atomic E-state index is 0.0365. The van der Waals surface area contributed by atoms with Crippen LogP contribution < -0.4 is 10.2 Å². The summed E-state index contributed by atoms with van der Waals surface area (Å²) in [5, 5.41) is 15.3. The van der Waals surface area contributed by atoms with Gasteiger partial charge in [0.1, 0.15) is 5.69 Å². The van der Waals surface area contributed by atoms with Crippen LogP contribution in [0.3, 0.4) is 0 Å². The van der Waals surface area contributed by atoms with E-state index in [-0.39, 0.29) is 40.9 Å². The van der Waals surface area contributed by atoms with Gasteiger partial charge in [-0.1, -0.05) is 20.8 Å². The van der Waals surface area contributed by atoms with Gasteiger partial charge in [-0.2, -0.15) is 0 Å². The summed E-state index contributed by atoms with van der Waals surface area (Å²) < 4.78 is 1.79. The number of hydrogen-bond donors (Lipinski definition) is 3. The van der Waals surface area contributed by atoms with E-state index in [2.05, 4.69) is 26.2 Å². The van der Waals surface area contributed by atoms with Crippen molar-refractivity contribution in [3.8, 4) is 0 Å². The molecule has 0 aromatic carbocycles. The van der Waals surface area contributed by atoms with E-state index in [0.29, 0.717) is 10.8 Å². The SMILES string of the molecule is C[C@H](C(=O)N1CC[NH+](C)CC1)[C@@H]1CC[C@@]2(C)Cc3sc(NC(=O)c4cccn4C)nc3[C@@H](C)[C@@H]2[C@H]1O. The molecule has 0 unspecified atom stereocenters. The number of thiazole rings is 1. The average molecular weight is 515 g/mol. The Morgan fingerprint density at radius 2 is 2.06 bits per heavy atom.